The predicted molar refractivity (Wildman–Crippen MR) is 60.2 cm³/mol. The van der Waals surface area contributed by atoms with Gasteiger partial charge in [0.25, 0.3) is 0 Å². The van der Waals surface area contributed by atoms with E-state index in [2.05, 4.69) is 30.6 Å². The summed E-state index contributed by atoms with van der Waals surface area (Å²) in [5.74, 6) is -0.905. The maximum atomic E-state index is 11.3. The normalized spacial score (nSPS) is 10.4. The number of carbonyl (C=O) groups excluding carboxylic acids is 1. The lowest BCUT2D eigenvalue weighted by Gasteiger charge is -2.05. The zero-order valence-corrected chi connectivity index (χ0v) is 9.85. The van der Waals surface area contributed by atoms with Crippen molar-refractivity contribution in [2.75, 3.05) is 7.11 Å². The summed E-state index contributed by atoms with van der Waals surface area (Å²) in [6.45, 7) is 0. The van der Waals surface area contributed by atoms with Crippen LogP contribution in [0.3, 0.4) is 0 Å². The van der Waals surface area contributed by atoms with E-state index in [1.807, 2.05) is 0 Å². The summed E-state index contributed by atoms with van der Waals surface area (Å²) in [5, 5.41) is 11.0. The third-order valence-corrected chi connectivity index (χ3v) is 2.75. The van der Waals surface area contributed by atoms with Gasteiger partial charge in [0.2, 0.25) is 0 Å². The van der Waals surface area contributed by atoms with Gasteiger partial charge in [-0.05, 0) is 15.9 Å². The molecule has 0 amide bonds. The molecule has 0 saturated carbocycles. The third-order valence-electron chi connectivity index (χ3n) is 2.12. The number of aromatic nitrogens is 2. The molecule has 16 heavy (non-hydrogen) atoms. The number of nitrogens with zero attached hydrogens (tertiary/aromatic N) is 2. The summed E-state index contributed by atoms with van der Waals surface area (Å²) in [6, 6.07) is 0. The highest BCUT2D eigenvalue weighted by Crippen LogP contribution is 2.30. The van der Waals surface area contributed by atoms with E-state index in [1.165, 1.54) is 19.5 Å². The Morgan fingerprint density at radius 3 is 2.81 bits per heavy atom. The summed E-state index contributed by atoms with van der Waals surface area (Å²) >= 11 is 3.28. The Labute approximate surface area is 99.2 Å². The molecule has 0 spiro atoms. The second-order valence-corrected chi connectivity index (χ2v) is 3.88. The van der Waals surface area contributed by atoms with Crippen molar-refractivity contribution in [2.45, 2.75) is 0 Å². The summed E-state index contributed by atoms with van der Waals surface area (Å²) < 4.78 is 5.20. The van der Waals surface area contributed by atoms with E-state index < -0.39 is 5.97 Å². The zero-order valence-electron chi connectivity index (χ0n) is 8.27. The van der Waals surface area contributed by atoms with Crippen LogP contribution in [-0.2, 0) is 4.74 Å². The second-order valence-electron chi connectivity index (χ2n) is 3.03. The SMILES string of the molecule is COC(=O)c1ncc2c(Br)cncc2c1O. The van der Waals surface area contributed by atoms with Crippen molar-refractivity contribution >= 4 is 32.7 Å². The Hall–Kier alpha value is -1.69. The number of rotatable bonds is 1. The molecule has 0 fully saturated rings. The maximum Gasteiger partial charge on any atom is 0.360 e. The fraction of sp³-hybridized carbons (Fsp3) is 0.100. The van der Waals surface area contributed by atoms with Crippen molar-refractivity contribution in [2.24, 2.45) is 0 Å². The van der Waals surface area contributed by atoms with Crippen LogP contribution in [0.15, 0.2) is 23.1 Å². The van der Waals surface area contributed by atoms with Crippen molar-refractivity contribution in [1.82, 2.24) is 9.97 Å². The third kappa shape index (κ3) is 1.61. The molecular formula is C10H7BrN2O3. The van der Waals surface area contributed by atoms with E-state index in [1.54, 1.807) is 6.20 Å². The van der Waals surface area contributed by atoms with E-state index in [9.17, 15) is 9.90 Å². The van der Waals surface area contributed by atoms with Gasteiger partial charge in [-0.25, -0.2) is 9.78 Å². The van der Waals surface area contributed by atoms with Gasteiger partial charge in [-0.1, -0.05) is 0 Å². The van der Waals surface area contributed by atoms with E-state index >= 15 is 0 Å². The Morgan fingerprint density at radius 2 is 2.12 bits per heavy atom. The van der Waals surface area contributed by atoms with Crippen LogP contribution in [0.5, 0.6) is 5.75 Å². The molecule has 0 bridgehead atoms. The predicted octanol–water partition coefficient (Wildman–Crippen LogP) is 1.88. The minimum Gasteiger partial charge on any atom is -0.505 e. The molecule has 0 aliphatic rings. The minimum atomic E-state index is -0.681. The molecule has 0 aromatic carbocycles. The monoisotopic (exact) mass is 282 g/mol. The average molecular weight is 283 g/mol. The van der Waals surface area contributed by atoms with Crippen LogP contribution in [0.1, 0.15) is 10.5 Å². The lowest BCUT2D eigenvalue weighted by molar-refractivity contribution is 0.0591. The van der Waals surface area contributed by atoms with Crippen LogP contribution in [0.4, 0.5) is 0 Å². The number of hydrogen-bond donors (Lipinski definition) is 1. The Morgan fingerprint density at radius 1 is 1.38 bits per heavy atom. The smallest absolute Gasteiger partial charge is 0.360 e. The van der Waals surface area contributed by atoms with Gasteiger partial charge in [0.1, 0.15) is 0 Å². The van der Waals surface area contributed by atoms with Crippen LogP contribution in [0, 0.1) is 0 Å². The highest BCUT2D eigenvalue weighted by molar-refractivity contribution is 9.10. The first-order chi connectivity index (χ1) is 7.65. The fourth-order valence-corrected chi connectivity index (χ4v) is 1.76. The van der Waals surface area contributed by atoms with Gasteiger partial charge in [-0.2, -0.15) is 0 Å². The molecule has 2 rings (SSSR count). The zero-order chi connectivity index (χ0) is 11.7. The first-order valence-electron chi connectivity index (χ1n) is 4.34. The van der Waals surface area contributed by atoms with Crippen molar-refractivity contribution < 1.29 is 14.6 Å². The minimum absolute atomic E-state index is 0.116. The van der Waals surface area contributed by atoms with Crippen molar-refractivity contribution in [3.05, 3.63) is 28.8 Å². The van der Waals surface area contributed by atoms with E-state index in [0.29, 0.717) is 15.2 Å². The molecule has 1 N–H and O–H groups in total. The summed E-state index contributed by atoms with van der Waals surface area (Å²) in [5.41, 5.74) is -0.116. The van der Waals surface area contributed by atoms with Crippen LogP contribution in [-0.4, -0.2) is 28.2 Å². The largest absolute Gasteiger partial charge is 0.505 e. The quantitative estimate of drug-likeness (QED) is 0.809. The van der Waals surface area contributed by atoms with E-state index in [-0.39, 0.29) is 11.4 Å². The number of hydrogen-bond acceptors (Lipinski definition) is 5. The van der Waals surface area contributed by atoms with E-state index in [0.717, 1.165) is 0 Å². The lowest BCUT2D eigenvalue weighted by atomic mass is 10.2. The maximum absolute atomic E-state index is 11.3. The molecule has 0 saturated heterocycles. The second kappa shape index (κ2) is 4.05. The molecule has 2 aromatic rings. The number of ether oxygens (including phenoxy) is 1. The van der Waals surface area contributed by atoms with Crippen molar-refractivity contribution in [1.29, 1.82) is 0 Å². The molecule has 82 valence electrons. The standard InChI is InChI=1S/C10H7BrN2O3/c1-16-10(15)8-9(14)6-2-12-4-7(11)5(6)3-13-8/h2-4,14H,1H3. The molecule has 0 radical (unpaired) electrons. The van der Waals surface area contributed by atoms with Gasteiger partial charge in [-0.3, -0.25) is 4.98 Å². The highest BCUT2D eigenvalue weighted by atomic mass is 79.9. The number of fused-ring (bicyclic) bond motifs is 1. The highest BCUT2D eigenvalue weighted by Gasteiger charge is 2.16. The van der Waals surface area contributed by atoms with E-state index in [4.69, 9.17) is 0 Å². The average Bonchev–Trinajstić information content (AvgIpc) is 2.30. The molecular weight excluding hydrogens is 276 g/mol. The molecule has 2 aromatic heterocycles. The number of esters is 1. The van der Waals surface area contributed by atoms with Crippen LogP contribution in [0.2, 0.25) is 0 Å². The van der Waals surface area contributed by atoms with Crippen LogP contribution >= 0.6 is 15.9 Å². The number of aromatic hydroxyl groups is 1. The van der Waals surface area contributed by atoms with Gasteiger partial charge in [0.05, 0.1) is 7.11 Å². The molecule has 0 aliphatic carbocycles. The molecule has 0 unspecified atom stereocenters. The van der Waals surface area contributed by atoms with Crippen LogP contribution in [0.25, 0.3) is 10.8 Å². The van der Waals surface area contributed by atoms with Gasteiger partial charge in [0, 0.05) is 33.8 Å². The number of carbonyl (C=O) groups is 1. The molecule has 0 atom stereocenters. The first kappa shape index (κ1) is 10.8. The van der Waals surface area contributed by atoms with Crippen molar-refractivity contribution in [3.8, 4) is 5.75 Å². The van der Waals surface area contributed by atoms with Gasteiger partial charge in [-0.15, -0.1) is 0 Å². The lowest BCUT2D eigenvalue weighted by Crippen LogP contribution is -2.04. The molecule has 5 nitrogen and oxygen atoms in total. The van der Waals surface area contributed by atoms with Gasteiger partial charge < -0.3 is 9.84 Å². The molecule has 2 heterocycles. The molecule has 6 heteroatoms. The summed E-state index contributed by atoms with van der Waals surface area (Å²) in [6.07, 6.45) is 4.53. The Kier molecular flexibility index (Phi) is 2.74. The van der Waals surface area contributed by atoms with Gasteiger partial charge in [0.15, 0.2) is 11.4 Å². The Bertz CT molecular complexity index is 571. The number of pyridine rings is 2. The topological polar surface area (TPSA) is 72.3 Å². The van der Waals surface area contributed by atoms with Crippen molar-refractivity contribution in [3.63, 3.8) is 0 Å². The fourth-order valence-electron chi connectivity index (χ4n) is 1.33. The summed E-state index contributed by atoms with van der Waals surface area (Å²) in [4.78, 5) is 19.1. The molecule has 0 aliphatic heterocycles. The van der Waals surface area contributed by atoms with Gasteiger partial charge >= 0.3 is 5.97 Å². The summed E-state index contributed by atoms with van der Waals surface area (Å²) in [7, 11) is 1.23. The number of halogens is 1. The first-order valence-corrected chi connectivity index (χ1v) is 5.14. The Balaban J connectivity index is 2.75. The number of methoxy groups -OCH3 is 1. The van der Waals surface area contributed by atoms with Crippen LogP contribution < -0.4 is 0 Å².